The van der Waals surface area contributed by atoms with Crippen molar-refractivity contribution in [1.82, 2.24) is 0 Å². The van der Waals surface area contributed by atoms with Crippen LogP contribution < -0.4 is 46.8 Å². The topological polar surface area (TPSA) is 13.0 Å². The Morgan fingerprint density at radius 1 is 0.318 bits per heavy atom. The van der Waals surface area contributed by atoms with Gasteiger partial charge in [-0.3, -0.25) is 0 Å². The lowest BCUT2D eigenvalue weighted by Gasteiger charge is -2.56. The molecule has 6 aliphatic rings. The number of anilines is 11. The molecule has 6 aliphatic heterocycles. The zero-order valence-corrected chi connectivity index (χ0v) is 39.4. The van der Waals surface area contributed by atoms with Crippen LogP contribution in [0.2, 0.25) is 0 Å². The van der Waals surface area contributed by atoms with Crippen LogP contribution in [-0.2, 0) is 16.2 Å². The Morgan fingerprint density at radius 3 is 1.02 bits per heavy atom. The first-order chi connectivity index (χ1) is 31.7. The van der Waals surface area contributed by atoms with Crippen LogP contribution >= 0.6 is 0 Å². The van der Waals surface area contributed by atoms with Crippen molar-refractivity contribution in [3.05, 3.63) is 168 Å². The second kappa shape index (κ2) is 12.5. The third kappa shape index (κ3) is 4.82. The number of benzene rings is 8. The van der Waals surface area contributed by atoms with E-state index in [4.69, 9.17) is 0 Å². The molecule has 0 radical (unpaired) electrons. The standard InChI is InChI=1S/C60H52B2N4/c1-58(2,3)35-29-43-41-25-27-45-54-56(41)66-57-42(44-30-36(59(4,5)6)32-48-52(44)62(66)51(43)47(31-35)65(48)40-23-17-12-18-24-40)26-28-46-55(57)61(54)53-49(63(45)38-19-13-10-14-20-38)33-37(60(7,8)9)34-50(53)64(46)39-21-15-11-16-22-39/h10-34H,1-9H3. The van der Waals surface area contributed by atoms with Crippen molar-refractivity contribution in [2.24, 2.45) is 0 Å². The van der Waals surface area contributed by atoms with E-state index in [1.54, 1.807) is 0 Å². The predicted octanol–water partition coefficient (Wildman–Crippen LogP) is 12.7. The molecule has 0 saturated carbocycles. The summed E-state index contributed by atoms with van der Waals surface area (Å²) in [7, 11) is 0. The van der Waals surface area contributed by atoms with Crippen LogP contribution in [-0.4, -0.2) is 13.6 Å². The van der Waals surface area contributed by atoms with Gasteiger partial charge in [0.2, 0.25) is 0 Å². The highest BCUT2D eigenvalue weighted by atomic mass is 15.2. The minimum atomic E-state index is -0.0845. The molecular formula is C60H52B2N4. The lowest BCUT2D eigenvalue weighted by Crippen LogP contribution is -2.72. The number of rotatable bonds is 3. The molecule has 0 saturated heterocycles. The molecule has 4 nitrogen and oxygen atoms in total. The Kier molecular flexibility index (Phi) is 7.26. The average molecular weight is 851 g/mol. The molecule has 6 heteroatoms. The third-order valence-electron chi connectivity index (χ3n) is 15.7. The maximum atomic E-state index is 2.85. The van der Waals surface area contributed by atoms with Gasteiger partial charge in [-0.25, -0.2) is 0 Å². The zero-order chi connectivity index (χ0) is 44.9. The van der Waals surface area contributed by atoms with Crippen LogP contribution in [0, 0.1) is 0 Å². The van der Waals surface area contributed by atoms with Gasteiger partial charge in [-0.05, 0) is 144 Å². The highest BCUT2D eigenvalue weighted by Crippen LogP contribution is 2.58. The van der Waals surface area contributed by atoms with E-state index < -0.39 is 0 Å². The van der Waals surface area contributed by atoms with Crippen molar-refractivity contribution in [3.8, 4) is 22.3 Å². The first-order valence-corrected chi connectivity index (χ1v) is 23.9. The Hall–Kier alpha value is -6.91. The van der Waals surface area contributed by atoms with Crippen LogP contribution in [0.5, 0.6) is 0 Å². The number of fused-ring (bicyclic) bond motifs is 2. The molecular weight excluding hydrogens is 798 g/mol. The third-order valence-corrected chi connectivity index (χ3v) is 15.7. The van der Waals surface area contributed by atoms with Gasteiger partial charge in [0.1, 0.15) is 0 Å². The van der Waals surface area contributed by atoms with Crippen molar-refractivity contribution in [1.29, 1.82) is 0 Å². The molecule has 0 bridgehead atoms. The summed E-state index contributed by atoms with van der Waals surface area (Å²) in [6, 6.07) is 58.6. The molecule has 318 valence electrons. The van der Waals surface area contributed by atoms with Gasteiger partial charge in [0.25, 0.3) is 6.71 Å². The fourth-order valence-electron chi connectivity index (χ4n) is 12.5. The Balaban J connectivity index is 1.20. The van der Waals surface area contributed by atoms with Gasteiger partial charge in [0.05, 0.1) is 0 Å². The summed E-state index contributed by atoms with van der Waals surface area (Å²) in [5, 5.41) is 0. The molecule has 6 heterocycles. The maximum absolute atomic E-state index is 2.85. The maximum Gasteiger partial charge on any atom is 0.333 e. The first-order valence-electron chi connectivity index (χ1n) is 23.9. The second-order valence-corrected chi connectivity index (χ2v) is 22.6. The quantitative estimate of drug-likeness (QED) is 0.164. The van der Waals surface area contributed by atoms with Gasteiger partial charge in [-0.1, -0.05) is 141 Å². The molecule has 0 N–H and O–H groups in total. The molecule has 8 aromatic rings. The average Bonchev–Trinajstić information content (AvgIpc) is 3.30. The second-order valence-electron chi connectivity index (χ2n) is 22.6. The van der Waals surface area contributed by atoms with Crippen LogP contribution in [0.3, 0.4) is 0 Å². The number of hydrogen-bond donors (Lipinski definition) is 0. The molecule has 0 aromatic heterocycles. The Bertz CT molecular complexity index is 3250. The monoisotopic (exact) mass is 850 g/mol. The van der Waals surface area contributed by atoms with E-state index in [0.29, 0.717) is 0 Å². The van der Waals surface area contributed by atoms with E-state index in [9.17, 15) is 0 Å². The van der Waals surface area contributed by atoms with Gasteiger partial charge in [-0.15, -0.1) is 0 Å². The van der Waals surface area contributed by atoms with Gasteiger partial charge in [0, 0.05) is 73.7 Å². The predicted molar refractivity (Wildman–Crippen MR) is 283 cm³/mol. The van der Waals surface area contributed by atoms with E-state index in [2.05, 4.69) is 233 Å². The minimum absolute atomic E-state index is 0.0247. The molecule has 8 aromatic carbocycles. The summed E-state index contributed by atoms with van der Waals surface area (Å²) in [5.41, 5.74) is 30.2. The van der Waals surface area contributed by atoms with E-state index in [1.165, 1.54) is 129 Å². The van der Waals surface area contributed by atoms with Gasteiger partial charge < -0.3 is 19.5 Å². The molecule has 0 unspecified atom stereocenters. The fourth-order valence-corrected chi connectivity index (χ4v) is 12.5. The smallest absolute Gasteiger partial charge is 0.333 e. The highest BCUT2D eigenvalue weighted by molar-refractivity contribution is 7.06. The summed E-state index contributed by atoms with van der Waals surface area (Å²) in [6.45, 7) is 21.3. The number of nitrogens with zero attached hydrogens (tertiary/aromatic N) is 4. The van der Waals surface area contributed by atoms with E-state index in [1.807, 2.05) is 0 Å². The van der Waals surface area contributed by atoms with Gasteiger partial charge in [0.15, 0.2) is 0 Å². The Labute approximate surface area is 390 Å². The summed E-state index contributed by atoms with van der Waals surface area (Å²) < 4.78 is 0. The summed E-state index contributed by atoms with van der Waals surface area (Å²) in [4.78, 5) is 10.7. The molecule has 0 amide bonds. The van der Waals surface area contributed by atoms with Crippen LogP contribution in [0.1, 0.15) is 79.0 Å². The highest BCUT2D eigenvalue weighted by Gasteiger charge is 2.58. The van der Waals surface area contributed by atoms with Crippen LogP contribution in [0.25, 0.3) is 22.3 Å². The molecule has 0 aliphatic carbocycles. The fraction of sp³-hybridized carbons (Fsp3) is 0.200. The molecule has 66 heavy (non-hydrogen) atoms. The number of hydrogen-bond acceptors (Lipinski definition) is 4. The first kappa shape index (κ1) is 38.4. The van der Waals surface area contributed by atoms with Crippen LogP contribution in [0.15, 0.2) is 152 Å². The van der Waals surface area contributed by atoms with E-state index in [0.717, 1.165) is 0 Å². The molecule has 0 fully saturated rings. The SMILES string of the molecule is CC(C)(C)c1cc2c3c(c1)N(c1ccccc1)c1cc(C(C)(C)C)cc4c1B3N1c3c-2ccc2c3B3c5c(cc(C(C)(C)C)cc5N(c5ccccc5)c5ccc-4c1c53)N2c1ccccc1. The van der Waals surface area contributed by atoms with Crippen molar-refractivity contribution in [2.75, 3.05) is 19.5 Å². The Morgan fingerprint density at radius 2 is 0.652 bits per heavy atom. The van der Waals surface area contributed by atoms with Crippen LogP contribution in [0.4, 0.5) is 62.6 Å². The van der Waals surface area contributed by atoms with Gasteiger partial charge >= 0.3 is 6.85 Å². The molecule has 14 rings (SSSR count). The zero-order valence-electron chi connectivity index (χ0n) is 39.4. The number of para-hydroxylation sites is 3. The molecule has 0 spiro atoms. The van der Waals surface area contributed by atoms with Crippen molar-refractivity contribution in [2.45, 2.75) is 78.6 Å². The van der Waals surface area contributed by atoms with Crippen molar-refractivity contribution < 1.29 is 0 Å². The molecule has 0 atom stereocenters. The summed E-state index contributed by atoms with van der Waals surface area (Å²) >= 11 is 0. The summed E-state index contributed by atoms with van der Waals surface area (Å²) in [6.07, 6.45) is 0. The normalized spacial score (nSPS) is 15.2. The van der Waals surface area contributed by atoms with E-state index >= 15 is 0 Å². The minimum Gasteiger partial charge on any atom is -0.377 e. The van der Waals surface area contributed by atoms with Crippen molar-refractivity contribution in [3.63, 3.8) is 0 Å². The largest absolute Gasteiger partial charge is 0.377 e. The van der Waals surface area contributed by atoms with Crippen molar-refractivity contribution >= 4 is 103 Å². The van der Waals surface area contributed by atoms with Gasteiger partial charge in [-0.2, -0.15) is 0 Å². The summed E-state index contributed by atoms with van der Waals surface area (Å²) in [5.74, 6) is 0. The lowest BCUT2D eigenvalue weighted by molar-refractivity contribution is 0.590. The van der Waals surface area contributed by atoms with E-state index in [-0.39, 0.29) is 29.8 Å². The lowest BCUT2D eigenvalue weighted by atomic mass is 9.29.